The van der Waals surface area contributed by atoms with Crippen LogP contribution in [0.4, 0.5) is 5.69 Å². The third-order valence-electron chi connectivity index (χ3n) is 6.41. The highest BCUT2D eigenvalue weighted by Gasteiger charge is 2.27. The van der Waals surface area contributed by atoms with Crippen LogP contribution in [0.15, 0.2) is 84.9 Å². The molecule has 33 heavy (non-hydrogen) atoms. The van der Waals surface area contributed by atoms with Crippen LogP contribution in [0, 0.1) is 6.92 Å². The molecule has 0 spiro atoms. The fourth-order valence-corrected chi connectivity index (χ4v) is 4.84. The number of aryl methyl sites for hydroxylation is 1. The lowest BCUT2D eigenvalue weighted by Gasteiger charge is -2.41. The Morgan fingerprint density at radius 3 is 2.03 bits per heavy atom. The van der Waals surface area contributed by atoms with Crippen LogP contribution < -0.4 is 4.90 Å². The maximum atomic E-state index is 11.4. The highest BCUT2D eigenvalue weighted by molar-refractivity contribution is 5.97. The van der Waals surface area contributed by atoms with Gasteiger partial charge < -0.3 is 10.0 Å². The monoisotopic (exact) mass is 437 g/mol. The van der Waals surface area contributed by atoms with E-state index in [1.165, 1.54) is 11.1 Å². The van der Waals surface area contributed by atoms with Crippen molar-refractivity contribution >= 4 is 22.6 Å². The predicted molar refractivity (Wildman–Crippen MR) is 132 cm³/mol. The molecule has 5 rings (SSSR count). The molecule has 1 aliphatic heterocycles. The number of carboxylic acid groups (broad SMARTS) is 1. The number of hydrogen-bond donors (Lipinski definition) is 1. The fourth-order valence-electron chi connectivity index (χ4n) is 4.84. The maximum absolute atomic E-state index is 11.4. The summed E-state index contributed by atoms with van der Waals surface area (Å²) in [6, 6.07) is 29.0. The average Bonchev–Trinajstić information content (AvgIpc) is 2.85. The topological polar surface area (TPSA) is 56.7 Å². The van der Waals surface area contributed by atoms with E-state index in [0.29, 0.717) is 0 Å². The largest absolute Gasteiger partial charge is 0.478 e. The zero-order valence-corrected chi connectivity index (χ0v) is 18.7. The van der Waals surface area contributed by atoms with Gasteiger partial charge in [-0.3, -0.25) is 9.88 Å². The van der Waals surface area contributed by atoms with Crippen molar-refractivity contribution in [2.45, 2.75) is 13.0 Å². The first-order valence-electron chi connectivity index (χ1n) is 11.3. The number of rotatable bonds is 5. The Morgan fingerprint density at radius 2 is 1.45 bits per heavy atom. The minimum absolute atomic E-state index is 0.226. The van der Waals surface area contributed by atoms with Crippen molar-refractivity contribution in [2.24, 2.45) is 0 Å². The van der Waals surface area contributed by atoms with Crippen LogP contribution in [0.3, 0.4) is 0 Å². The molecular formula is C28H27N3O2. The first-order valence-corrected chi connectivity index (χ1v) is 11.3. The second-order valence-corrected chi connectivity index (χ2v) is 8.57. The second-order valence-electron chi connectivity index (χ2n) is 8.57. The number of aromatic carboxylic acids is 1. The lowest BCUT2D eigenvalue weighted by Crippen LogP contribution is -2.48. The van der Waals surface area contributed by atoms with Crippen LogP contribution in [-0.2, 0) is 0 Å². The summed E-state index contributed by atoms with van der Waals surface area (Å²) < 4.78 is 0. The summed E-state index contributed by atoms with van der Waals surface area (Å²) in [6.45, 7) is 5.63. The van der Waals surface area contributed by atoms with Crippen LogP contribution >= 0.6 is 0 Å². The zero-order chi connectivity index (χ0) is 22.8. The first kappa shape index (κ1) is 21.2. The van der Waals surface area contributed by atoms with Gasteiger partial charge >= 0.3 is 5.97 Å². The van der Waals surface area contributed by atoms with Gasteiger partial charge in [-0.05, 0) is 42.3 Å². The van der Waals surface area contributed by atoms with Crippen molar-refractivity contribution < 1.29 is 9.90 Å². The van der Waals surface area contributed by atoms with Crippen molar-refractivity contribution in [1.29, 1.82) is 0 Å². The number of hydrogen-bond acceptors (Lipinski definition) is 4. The summed E-state index contributed by atoms with van der Waals surface area (Å²) in [5.41, 5.74) is 5.65. The molecule has 1 N–H and O–H groups in total. The van der Waals surface area contributed by atoms with Crippen LogP contribution in [0.2, 0.25) is 0 Å². The summed E-state index contributed by atoms with van der Waals surface area (Å²) in [5, 5.41) is 10.4. The number of anilines is 1. The molecule has 1 aliphatic rings. The van der Waals surface area contributed by atoms with Gasteiger partial charge in [0.25, 0.3) is 0 Å². The van der Waals surface area contributed by atoms with E-state index in [0.717, 1.165) is 48.5 Å². The fraction of sp³-hybridized carbons (Fsp3) is 0.214. The number of nitrogens with zero attached hydrogens (tertiary/aromatic N) is 3. The quantitative estimate of drug-likeness (QED) is 0.468. The van der Waals surface area contributed by atoms with Crippen LogP contribution in [0.5, 0.6) is 0 Å². The van der Waals surface area contributed by atoms with Crippen molar-refractivity contribution in [1.82, 2.24) is 9.88 Å². The number of carbonyl (C=O) groups is 1. The second kappa shape index (κ2) is 9.04. The Balaban J connectivity index is 1.42. The molecule has 0 aliphatic carbocycles. The Kier molecular flexibility index (Phi) is 5.80. The van der Waals surface area contributed by atoms with Gasteiger partial charge in [0, 0.05) is 42.9 Å². The van der Waals surface area contributed by atoms with Crippen molar-refractivity contribution in [3.05, 3.63) is 107 Å². The number of piperazine rings is 1. The van der Waals surface area contributed by atoms with Gasteiger partial charge in [-0.15, -0.1) is 0 Å². The molecule has 4 aromatic rings. The molecule has 0 radical (unpaired) electrons. The molecule has 0 bridgehead atoms. The molecule has 0 atom stereocenters. The molecular weight excluding hydrogens is 410 g/mol. The number of carboxylic acids is 1. The molecule has 1 aromatic heterocycles. The number of pyridine rings is 1. The summed E-state index contributed by atoms with van der Waals surface area (Å²) in [6.07, 6.45) is 0. The third-order valence-corrected chi connectivity index (χ3v) is 6.41. The van der Waals surface area contributed by atoms with Gasteiger partial charge in [0.05, 0.1) is 17.1 Å². The highest BCUT2D eigenvalue weighted by Crippen LogP contribution is 2.32. The molecule has 5 nitrogen and oxygen atoms in total. The SMILES string of the molecule is Cc1cc(N2CCN(C(c3ccccc3)c3ccccc3)CC2)c2ccc(C(=O)O)cc2n1. The molecule has 0 saturated carbocycles. The molecule has 0 amide bonds. The standard InChI is InChI=1S/C28H27N3O2/c1-20-18-26(24-13-12-23(28(32)33)19-25(24)29-20)30-14-16-31(17-15-30)27(21-8-4-2-5-9-21)22-10-6-3-7-11-22/h2-13,18-19,27H,14-17H2,1H3,(H,32,33). The minimum Gasteiger partial charge on any atom is -0.478 e. The van der Waals surface area contributed by atoms with Crippen LogP contribution in [0.25, 0.3) is 10.9 Å². The van der Waals surface area contributed by atoms with Crippen molar-refractivity contribution in [3.63, 3.8) is 0 Å². The van der Waals surface area contributed by atoms with Crippen LogP contribution in [0.1, 0.15) is 33.2 Å². The van der Waals surface area contributed by atoms with E-state index in [9.17, 15) is 9.90 Å². The molecule has 0 unspecified atom stereocenters. The van der Waals surface area contributed by atoms with Crippen molar-refractivity contribution in [3.8, 4) is 0 Å². The number of benzene rings is 3. The Labute approximate surface area is 193 Å². The molecule has 5 heteroatoms. The average molecular weight is 438 g/mol. The Hall–Kier alpha value is -3.70. The summed E-state index contributed by atoms with van der Waals surface area (Å²) in [5.74, 6) is -0.928. The van der Waals surface area contributed by atoms with Gasteiger partial charge in [0.1, 0.15) is 0 Å². The lowest BCUT2D eigenvalue weighted by atomic mass is 9.96. The summed E-state index contributed by atoms with van der Waals surface area (Å²) >= 11 is 0. The van der Waals surface area contributed by atoms with Gasteiger partial charge in [-0.2, -0.15) is 0 Å². The molecule has 3 aromatic carbocycles. The number of aromatic nitrogens is 1. The molecule has 2 heterocycles. The molecule has 166 valence electrons. The smallest absolute Gasteiger partial charge is 0.335 e. The van der Waals surface area contributed by atoms with Gasteiger partial charge in [0.2, 0.25) is 0 Å². The van der Waals surface area contributed by atoms with E-state index < -0.39 is 5.97 Å². The van der Waals surface area contributed by atoms with Crippen LogP contribution in [-0.4, -0.2) is 47.1 Å². The van der Waals surface area contributed by atoms with Gasteiger partial charge in [-0.25, -0.2) is 4.79 Å². The number of fused-ring (bicyclic) bond motifs is 1. The summed E-state index contributed by atoms with van der Waals surface area (Å²) in [4.78, 5) is 21.0. The first-order chi connectivity index (χ1) is 16.1. The van der Waals surface area contributed by atoms with E-state index in [-0.39, 0.29) is 11.6 Å². The van der Waals surface area contributed by atoms with Crippen molar-refractivity contribution in [2.75, 3.05) is 31.1 Å². The predicted octanol–water partition coefficient (Wildman–Crippen LogP) is 5.15. The molecule has 1 saturated heterocycles. The highest BCUT2D eigenvalue weighted by atomic mass is 16.4. The van der Waals surface area contributed by atoms with Gasteiger partial charge in [-0.1, -0.05) is 60.7 Å². The Bertz CT molecular complexity index is 1230. The van der Waals surface area contributed by atoms with E-state index in [1.807, 2.05) is 13.0 Å². The van der Waals surface area contributed by atoms with E-state index in [1.54, 1.807) is 12.1 Å². The maximum Gasteiger partial charge on any atom is 0.335 e. The summed E-state index contributed by atoms with van der Waals surface area (Å²) in [7, 11) is 0. The van der Waals surface area contributed by atoms with Gasteiger partial charge in [0.15, 0.2) is 0 Å². The van der Waals surface area contributed by atoms with E-state index in [4.69, 9.17) is 0 Å². The Morgan fingerprint density at radius 1 is 0.848 bits per heavy atom. The minimum atomic E-state index is -0.928. The zero-order valence-electron chi connectivity index (χ0n) is 18.7. The lowest BCUT2D eigenvalue weighted by molar-refractivity contribution is 0.0697. The van der Waals surface area contributed by atoms with E-state index in [2.05, 4.69) is 81.5 Å². The molecule has 1 fully saturated rings. The normalized spacial score (nSPS) is 14.7. The van der Waals surface area contributed by atoms with E-state index >= 15 is 0 Å². The third kappa shape index (κ3) is 4.32.